The summed E-state index contributed by atoms with van der Waals surface area (Å²) in [4.78, 5) is 20.7. The maximum absolute atomic E-state index is 12.2. The van der Waals surface area contributed by atoms with E-state index in [1.54, 1.807) is 12.4 Å². The first kappa shape index (κ1) is 16.9. The number of pyridine rings is 1. The van der Waals surface area contributed by atoms with Gasteiger partial charge in [0.15, 0.2) is 0 Å². The van der Waals surface area contributed by atoms with Crippen LogP contribution < -0.4 is 5.32 Å². The van der Waals surface area contributed by atoms with Gasteiger partial charge in [-0.05, 0) is 42.7 Å². The van der Waals surface area contributed by atoms with Crippen LogP contribution in [0.15, 0.2) is 53.2 Å². The highest BCUT2D eigenvalue weighted by Gasteiger charge is 2.14. The lowest BCUT2D eigenvalue weighted by molar-refractivity contribution is -0.120. The van der Waals surface area contributed by atoms with Crippen LogP contribution in [0.5, 0.6) is 0 Å². The Morgan fingerprint density at radius 2 is 1.96 bits per heavy atom. The largest absolute Gasteiger partial charge is 0.441 e. The molecule has 3 rings (SSSR count). The highest BCUT2D eigenvalue weighted by atomic mass is 16.4. The number of nitrogens with one attached hydrogen (secondary N) is 1. The Bertz CT molecular complexity index is 839. The van der Waals surface area contributed by atoms with Crippen molar-refractivity contribution in [1.82, 2.24) is 15.3 Å². The van der Waals surface area contributed by atoms with Gasteiger partial charge in [-0.1, -0.05) is 25.1 Å². The third-order valence-electron chi connectivity index (χ3n) is 4.04. The molecule has 0 aliphatic rings. The van der Waals surface area contributed by atoms with Crippen molar-refractivity contribution in [3.05, 3.63) is 71.4 Å². The minimum Gasteiger partial charge on any atom is -0.441 e. The second kappa shape index (κ2) is 7.75. The number of oxazole rings is 1. The third-order valence-corrected chi connectivity index (χ3v) is 4.04. The fraction of sp³-hybridized carbons (Fsp3) is 0.250. The van der Waals surface area contributed by atoms with Crippen molar-refractivity contribution in [2.24, 2.45) is 0 Å². The molecule has 1 aromatic carbocycles. The van der Waals surface area contributed by atoms with E-state index in [1.807, 2.05) is 31.2 Å². The SMILES string of the molecule is CCc1ccc(-c2nc(CC(=O)NCc3cccnc3)c(C)o2)cc1. The van der Waals surface area contributed by atoms with E-state index in [0.717, 1.165) is 17.5 Å². The number of nitrogens with zero attached hydrogens (tertiary/aromatic N) is 2. The minimum absolute atomic E-state index is 0.0897. The van der Waals surface area contributed by atoms with Crippen molar-refractivity contribution >= 4 is 5.91 Å². The van der Waals surface area contributed by atoms with Gasteiger partial charge in [-0.15, -0.1) is 0 Å². The summed E-state index contributed by atoms with van der Waals surface area (Å²) in [6, 6.07) is 11.9. The van der Waals surface area contributed by atoms with E-state index in [9.17, 15) is 4.79 Å². The Balaban J connectivity index is 1.64. The molecule has 25 heavy (non-hydrogen) atoms. The van der Waals surface area contributed by atoms with E-state index in [4.69, 9.17) is 4.42 Å². The topological polar surface area (TPSA) is 68.0 Å². The monoisotopic (exact) mass is 335 g/mol. The summed E-state index contributed by atoms with van der Waals surface area (Å²) in [6.45, 7) is 4.40. The Morgan fingerprint density at radius 3 is 2.64 bits per heavy atom. The van der Waals surface area contributed by atoms with Crippen LogP contribution in [0.2, 0.25) is 0 Å². The maximum Gasteiger partial charge on any atom is 0.226 e. The van der Waals surface area contributed by atoms with Gasteiger partial charge in [0.1, 0.15) is 5.76 Å². The van der Waals surface area contributed by atoms with E-state index in [2.05, 4.69) is 34.3 Å². The predicted molar refractivity (Wildman–Crippen MR) is 95.8 cm³/mol. The van der Waals surface area contributed by atoms with E-state index in [1.165, 1.54) is 5.56 Å². The van der Waals surface area contributed by atoms with Crippen molar-refractivity contribution in [3.8, 4) is 11.5 Å². The molecule has 1 amide bonds. The predicted octanol–water partition coefficient (Wildman–Crippen LogP) is 3.47. The molecule has 128 valence electrons. The van der Waals surface area contributed by atoms with E-state index in [-0.39, 0.29) is 12.3 Å². The number of aromatic nitrogens is 2. The summed E-state index contributed by atoms with van der Waals surface area (Å²) in [6.07, 6.45) is 4.63. The first-order chi connectivity index (χ1) is 12.2. The Morgan fingerprint density at radius 1 is 1.16 bits per heavy atom. The van der Waals surface area contributed by atoms with Crippen molar-refractivity contribution in [3.63, 3.8) is 0 Å². The van der Waals surface area contributed by atoms with Gasteiger partial charge in [-0.25, -0.2) is 4.98 Å². The summed E-state index contributed by atoms with van der Waals surface area (Å²) in [5.74, 6) is 1.13. The number of carbonyl (C=O) groups is 1. The highest BCUT2D eigenvalue weighted by Crippen LogP contribution is 2.22. The zero-order valence-corrected chi connectivity index (χ0v) is 14.5. The molecule has 0 spiro atoms. The minimum atomic E-state index is -0.0897. The second-order valence-electron chi connectivity index (χ2n) is 5.89. The van der Waals surface area contributed by atoms with Crippen LogP contribution in [0, 0.1) is 6.92 Å². The van der Waals surface area contributed by atoms with Gasteiger partial charge < -0.3 is 9.73 Å². The molecule has 0 atom stereocenters. The molecular formula is C20H21N3O2. The van der Waals surface area contributed by atoms with Gasteiger partial charge in [0.25, 0.3) is 0 Å². The molecule has 0 unspecified atom stereocenters. The molecule has 5 heteroatoms. The third kappa shape index (κ3) is 4.32. The second-order valence-corrected chi connectivity index (χ2v) is 5.89. The molecule has 0 saturated heterocycles. The highest BCUT2D eigenvalue weighted by molar-refractivity contribution is 5.78. The summed E-state index contributed by atoms with van der Waals surface area (Å²) in [7, 11) is 0. The smallest absolute Gasteiger partial charge is 0.226 e. The number of carbonyl (C=O) groups excluding carboxylic acids is 1. The number of rotatable bonds is 6. The molecule has 0 radical (unpaired) electrons. The van der Waals surface area contributed by atoms with Crippen LogP contribution in [0.1, 0.15) is 29.5 Å². The van der Waals surface area contributed by atoms with Gasteiger partial charge in [0.05, 0.1) is 12.1 Å². The quantitative estimate of drug-likeness (QED) is 0.749. The fourth-order valence-corrected chi connectivity index (χ4v) is 2.52. The van der Waals surface area contributed by atoms with Crippen molar-refractivity contribution < 1.29 is 9.21 Å². The average molecular weight is 335 g/mol. The zero-order valence-electron chi connectivity index (χ0n) is 14.5. The molecule has 0 saturated carbocycles. The number of amides is 1. The first-order valence-corrected chi connectivity index (χ1v) is 8.37. The average Bonchev–Trinajstić information content (AvgIpc) is 3.01. The molecule has 3 aromatic rings. The lowest BCUT2D eigenvalue weighted by Crippen LogP contribution is -2.25. The number of benzene rings is 1. The maximum atomic E-state index is 12.2. The van der Waals surface area contributed by atoms with Gasteiger partial charge in [0.2, 0.25) is 11.8 Å². The lowest BCUT2D eigenvalue weighted by Gasteiger charge is -2.03. The van der Waals surface area contributed by atoms with Crippen LogP contribution >= 0.6 is 0 Å². The number of hydrogen-bond donors (Lipinski definition) is 1. The molecular weight excluding hydrogens is 314 g/mol. The fourth-order valence-electron chi connectivity index (χ4n) is 2.52. The van der Waals surface area contributed by atoms with Crippen LogP contribution in [0.3, 0.4) is 0 Å². The zero-order chi connectivity index (χ0) is 17.6. The molecule has 2 heterocycles. The van der Waals surface area contributed by atoms with Crippen molar-refractivity contribution in [1.29, 1.82) is 0 Å². The Hall–Kier alpha value is -2.95. The Labute approximate surface area is 147 Å². The molecule has 0 bridgehead atoms. The molecule has 1 N–H and O–H groups in total. The van der Waals surface area contributed by atoms with Crippen molar-refractivity contribution in [2.75, 3.05) is 0 Å². The summed E-state index contributed by atoms with van der Waals surface area (Å²) < 4.78 is 5.74. The van der Waals surface area contributed by atoms with Gasteiger partial charge in [-0.2, -0.15) is 0 Å². The summed E-state index contributed by atoms with van der Waals surface area (Å²) in [5.41, 5.74) is 3.81. The summed E-state index contributed by atoms with van der Waals surface area (Å²) in [5, 5.41) is 2.88. The lowest BCUT2D eigenvalue weighted by atomic mass is 10.1. The van der Waals surface area contributed by atoms with Crippen molar-refractivity contribution in [2.45, 2.75) is 33.2 Å². The van der Waals surface area contributed by atoms with Gasteiger partial charge in [0, 0.05) is 24.5 Å². The molecule has 5 nitrogen and oxygen atoms in total. The Kier molecular flexibility index (Phi) is 5.23. The molecule has 2 aromatic heterocycles. The normalized spacial score (nSPS) is 10.6. The summed E-state index contributed by atoms with van der Waals surface area (Å²) >= 11 is 0. The van der Waals surface area contributed by atoms with Crippen LogP contribution in [0.25, 0.3) is 11.5 Å². The van der Waals surface area contributed by atoms with Gasteiger partial charge >= 0.3 is 0 Å². The standard InChI is InChI=1S/C20H21N3O2/c1-3-15-6-8-17(9-7-15)20-23-18(14(2)25-20)11-19(24)22-13-16-5-4-10-21-12-16/h4-10,12H,3,11,13H2,1-2H3,(H,22,24). The van der Waals surface area contributed by atoms with E-state index in [0.29, 0.717) is 23.9 Å². The molecule has 0 aliphatic heterocycles. The van der Waals surface area contributed by atoms with Crippen LogP contribution in [-0.4, -0.2) is 15.9 Å². The van der Waals surface area contributed by atoms with Crippen LogP contribution in [0.4, 0.5) is 0 Å². The van der Waals surface area contributed by atoms with Crippen LogP contribution in [-0.2, 0) is 24.2 Å². The van der Waals surface area contributed by atoms with E-state index < -0.39 is 0 Å². The number of aryl methyl sites for hydroxylation is 2. The number of hydrogen-bond acceptors (Lipinski definition) is 4. The van der Waals surface area contributed by atoms with Gasteiger partial charge in [-0.3, -0.25) is 9.78 Å². The first-order valence-electron chi connectivity index (χ1n) is 8.37. The molecule has 0 aliphatic carbocycles. The van der Waals surface area contributed by atoms with E-state index >= 15 is 0 Å². The molecule has 0 fully saturated rings.